The van der Waals surface area contributed by atoms with E-state index in [1.54, 1.807) is 11.1 Å². The predicted octanol–water partition coefficient (Wildman–Crippen LogP) is 0.467. The minimum atomic E-state index is -0.450. The van der Waals surface area contributed by atoms with Crippen LogP contribution in [0.3, 0.4) is 0 Å². The van der Waals surface area contributed by atoms with Crippen molar-refractivity contribution in [1.82, 2.24) is 15.2 Å². The first-order chi connectivity index (χ1) is 10.5. The number of nitrogens with one attached hydrogen (secondary N) is 1. The van der Waals surface area contributed by atoms with Crippen LogP contribution in [-0.4, -0.2) is 46.4 Å². The molecule has 1 aromatic rings. The number of aromatic nitrogens is 1. The molecule has 2 amide bonds. The average Bonchev–Trinajstić information content (AvgIpc) is 2.87. The van der Waals surface area contributed by atoms with Gasteiger partial charge < -0.3 is 16.0 Å². The minimum absolute atomic E-state index is 0.0393. The maximum absolute atomic E-state index is 12.4. The maximum atomic E-state index is 12.4. The number of pyridine rings is 1. The molecule has 0 radical (unpaired) electrons. The third kappa shape index (κ3) is 4.27. The largest absolute Gasteiger partial charge is 0.352 e. The van der Waals surface area contributed by atoms with Gasteiger partial charge in [0.15, 0.2) is 0 Å². The fourth-order valence-corrected chi connectivity index (χ4v) is 2.70. The SMILES string of the molecule is CC(C)NC(=O)[C@@H]1C[C@H](N)CN1C(=O)CCc1ccccn1. The number of carbonyl (C=O) groups is 2. The highest BCUT2D eigenvalue weighted by Crippen LogP contribution is 2.18. The van der Waals surface area contributed by atoms with Gasteiger partial charge in [0.25, 0.3) is 0 Å². The Morgan fingerprint density at radius 2 is 2.23 bits per heavy atom. The first-order valence-electron chi connectivity index (χ1n) is 7.72. The predicted molar refractivity (Wildman–Crippen MR) is 83.9 cm³/mol. The van der Waals surface area contributed by atoms with Crippen molar-refractivity contribution in [2.24, 2.45) is 5.73 Å². The minimum Gasteiger partial charge on any atom is -0.352 e. The lowest BCUT2D eigenvalue weighted by Crippen LogP contribution is -2.47. The van der Waals surface area contributed by atoms with E-state index in [0.29, 0.717) is 25.8 Å². The Morgan fingerprint density at radius 1 is 1.45 bits per heavy atom. The zero-order valence-corrected chi connectivity index (χ0v) is 13.2. The molecule has 0 aromatic carbocycles. The summed E-state index contributed by atoms with van der Waals surface area (Å²) in [7, 11) is 0. The second kappa shape index (κ2) is 7.35. The molecule has 2 heterocycles. The van der Waals surface area contributed by atoms with Crippen LogP contribution < -0.4 is 11.1 Å². The molecule has 1 saturated heterocycles. The Bertz CT molecular complexity index is 518. The van der Waals surface area contributed by atoms with Crippen LogP contribution in [0.2, 0.25) is 0 Å². The first-order valence-corrected chi connectivity index (χ1v) is 7.72. The van der Waals surface area contributed by atoms with Crippen LogP contribution in [0, 0.1) is 0 Å². The number of hydrogen-bond acceptors (Lipinski definition) is 4. The molecule has 3 N–H and O–H groups in total. The summed E-state index contributed by atoms with van der Waals surface area (Å²) in [6.45, 7) is 4.25. The van der Waals surface area contributed by atoms with Crippen molar-refractivity contribution in [2.45, 2.75) is 51.2 Å². The normalized spacial score (nSPS) is 21.2. The number of hydrogen-bond donors (Lipinski definition) is 2. The number of nitrogens with zero attached hydrogens (tertiary/aromatic N) is 2. The first kappa shape index (κ1) is 16.4. The summed E-state index contributed by atoms with van der Waals surface area (Å²) in [5, 5.41) is 2.86. The molecule has 0 aliphatic carbocycles. The molecule has 1 aromatic heterocycles. The van der Waals surface area contributed by atoms with Gasteiger partial charge in [0, 0.05) is 36.9 Å². The molecule has 22 heavy (non-hydrogen) atoms. The van der Waals surface area contributed by atoms with Gasteiger partial charge in [-0.15, -0.1) is 0 Å². The molecule has 0 unspecified atom stereocenters. The Balaban J connectivity index is 1.95. The summed E-state index contributed by atoms with van der Waals surface area (Å²) in [6.07, 6.45) is 3.15. The molecule has 2 atom stereocenters. The van der Waals surface area contributed by atoms with E-state index in [2.05, 4.69) is 10.3 Å². The molecule has 1 fully saturated rings. The third-order valence-electron chi connectivity index (χ3n) is 3.71. The van der Waals surface area contributed by atoms with E-state index < -0.39 is 6.04 Å². The highest BCUT2D eigenvalue weighted by Gasteiger charge is 2.37. The number of likely N-dealkylation sites (tertiary alicyclic amines) is 1. The fourth-order valence-electron chi connectivity index (χ4n) is 2.70. The lowest BCUT2D eigenvalue weighted by molar-refractivity contribution is -0.138. The zero-order valence-electron chi connectivity index (χ0n) is 13.2. The van der Waals surface area contributed by atoms with E-state index >= 15 is 0 Å². The summed E-state index contributed by atoms with van der Waals surface area (Å²) < 4.78 is 0. The standard InChI is InChI=1S/C16H24N4O2/c1-11(2)19-16(22)14-9-12(17)10-20(14)15(21)7-6-13-5-3-4-8-18-13/h3-5,8,11-12,14H,6-7,9-10,17H2,1-2H3,(H,19,22)/t12-,14-/m0/s1. The molecule has 2 rings (SSSR count). The molecule has 0 saturated carbocycles. The Kier molecular flexibility index (Phi) is 5.49. The van der Waals surface area contributed by atoms with E-state index in [0.717, 1.165) is 5.69 Å². The number of nitrogens with two attached hydrogens (primary N) is 1. The van der Waals surface area contributed by atoms with Crippen molar-refractivity contribution >= 4 is 11.8 Å². The van der Waals surface area contributed by atoms with Crippen LogP contribution in [0.25, 0.3) is 0 Å². The van der Waals surface area contributed by atoms with Gasteiger partial charge >= 0.3 is 0 Å². The second-order valence-corrected chi connectivity index (χ2v) is 6.04. The summed E-state index contributed by atoms with van der Waals surface area (Å²) >= 11 is 0. The summed E-state index contributed by atoms with van der Waals surface area (Å²) in [4.78, 5) is 30.5. The van der Waals surface area contributed by atoms with Gasteiger partial charge in [-0.3, -0.25) is 14.6 Å². The van der Waals surface area contributed by atoms with Crippen molar-refractivity contribution < 1.29 is 9.59 Å². The van der Waals surface area contributed by atoms with Gasteiger partial charge in [0.2, 0.25) is 11.8 Å². The van der Waals surface area contributed by atoms with Crippen molar-refractivity contribution in [3.63, 3.8) is 0 Å². The average molecular weight is 304 g/mol. The molecular formula is C16H24N4O2. The lowest BCUT2D eigenvalue weighted by Gasteiger charge is -2.24. The molecular weight excluding hydrogens is 280 g/mol. The fraction of sp³-hybridized carbons (Fsp3) is 0.562. The number of aryl methyl sites for hydroxylation is 1. The van der Waals surface area contributed by atoms with Crippen molar-refractivity contribution in [3.8, 4) is 0 Å². The monoisotopic (exact) mass is 304 g/mol. The summed E-state index contributed by atoms with van der Waals surface area (Å²) in [5.74, 6) is -0.156. The smallest absolute Gasteiger partial charge is 0.243 e. The van der Waals surface area contributed by atoms with E-state index in [1.807, 2.05) is 32.0 Å². The van der Waals surface area contributed by atoms with Gasteiger partial charge in [-0.05, 0) is 38.8 Å². The number of carbonyl (C=O) groups excluding carboxylic acids is 2. The van der Waals surface area contributed by atoms with Crippen LogP contribution in [-0.2, 0) is 16.0 Å². The van der Waals surface area contributed by atoms with Crippen LogP contribution in [0.4, 0.5) is 0 Å². The van der Waals surface area contributed by atoms with Gasteiger partial charge in [-0.1, -0.05) is 6.07 Å². The van der Waals surface area contributed by atoms with E-state index in [1.165, 1.54) is 0 Å². The summed E-state index contributed by atoms with van der Waals surface area (Å²) in [6, 6.07) is 5.10. The van der Waals surface area contributed by atoms with Crippen LogP contribution in [0.15, 0.2) is 24.4 Å². The Labute approximate surface area is 131 Å². The van der Waals surface area contributed by atoms with E-state index in [9.17, 15) is 9.59 Å². The number of rotatable bonds is 5. The highest BCUT2D eigenvalue weighted by molar-refractivity contribution is 5.88. The van der Waals surface area contributed by atoms with E-state index in [4.69, 9.17) is 5.73 Å². The second-order valence-electron chi connectivity index (χ2n) is 6.04. The Hall–Kier alpha value is -1.95. The zero-order chi connectivity index (χ0) is 16.1. The lowest BCUT2D eigenvalue weighted by atomic mass is 10.1. The van der Waals surface area contributed by atoms with Crippen LogP contribution in [0.5, 0.6) is 0 Å². The molecule has 0 bridgehead atoms. The van der Waals surface area contributed by atoms with Crippen molar-refractivity contribution in [2.75, 3.05) is 6.54 Å². The molecule has 120 valence electrons. The van der Waals surface area contributed by atoms with Crippen LogP contribution in [0.1, 0.15) is 32.4 Å². The maximum Gasteiger partial charge on any atom is 0.243 e. The quantitative estimate of drug-likeness (QED) is 0.827. The van der Waals surface area contributed by atoms with E-state index in [-0.39, 0.29) is 23.9 Å². The summed E-state index contributed by atoms with van der Waals surface area (Å²) in [5.41, 5.74) is 6.82. The van der Waals surface area contributed by atoms with Crippen molar-refractivity contribution in [1.29, 1.82) is 0 Å². The molecule has 1 aliphatic rings. The van der Waals surface area contributed by atoms with Gasteiger partial charge in [0.05, 0.1) is 0 Å². The Morgan fingerprint density at radius 3 is 2.86 bits per heavy atom. The molecule has 6 heteroatoms. The number of amides is 2. The molecule has 0 spiro atoms. The van der Waals surface area contributed by atoms with Gasteiger partial charge in [-0.25, -0.2) is 0 Å². The van der Waals surface area contributed by atoms with Crippen molar-refractivity contribution in [3.05, 3.63) is 30.1 Å². The highest BCUT2D eigenvalue weighted by atomic mass is 16.2. The topological polar surface area (TPSA) is 88.3 Å². The van der Waals surface area contributed by atoms with Gasteiger partial charge in [-0.2, -0.15) is 0 Å². The molecule has 6 nitrogen and oxygen atoms in total. The van der Waals surface area contributed by atoms with Gasteiger partial charge in [0.1, 0.15) is 6.04 Å². The molecule has 1 aliphatic heterocycles. The van der Waals surface area contributed by atoms with Crippen LogP contribution >= 0.6 is 0 Å². The third-order valence-corrected chi connectivity index (χ3v) is 3.71.